The number of likely N-dealkylation sites (tertiary alicyclic amines) is 1. The quantitative estimate of drug-likeness (QED) is 0.921. The topological polar surface area (TPSA) is 47.7 Å². The highest BCUT2D eigenvalue weighted by Crippen LogP contribution is 2.36. The lowest BCUT2D eigenvalue weighted by atomic mass is 9.79. The molecule has 2 saturated heterocycles. The molecule has 0 bridgehead atoms. The van der Waals surface area contributed by atoms with Crippen molar-refractivity contribution in [1.29, 1.82) is 0 Å². The number of ether oxygens (including phenoxy) is 2. The maximum absolute atomic E-state index is 5.84. The molecule has 2 aliphatic rings. The molecule has 4 heteroatoms. The number of hydrogen-bond acceptors (Lipinski definition) is 4. The van der Waals surface area contributed by atoms with Crippen LogP contribution in [0.3, 0.4) is 0 Å². The van der Waals surface area contributed by atoms with E-state index in [-0.39, 0.29) is 11.7 Å². The van der Waals surface area contributed by atoms with E-state index in [2.05, 4.69) is 35.2 Å². The normalized spacial score (nSPS) is 23.5. The number of hydrogen-bond donors (Lipinski definition) is 1. The lowest BCUT2D eigenvalue weighted by Gasteiger charge is -2.45. The molecule has 0 aromatic heterocycles. The van der Waals surface area contributed by atoms with Gasteiger partial charge >= 0.3 is 0 Å². The van der Waals surface area contributed by atoms with E-state index in [1.54, 1.807) is 0 Å². The molecule has 2 aliphatic heterocycles. The SMILES string of the molecule is NCCC1OCC2(CCN(Cc3ccccc3)CC2)CO1. The molecule has 0 aliphatic carbocycles. The highest BCUT2D eigenvalue weighted by molar-refractivity contribution is 5.14. The third-order valence-corrected chi connectivity index (χ3v) is 4.72. The Labute approximate surface area is 127 Å². The summed E-state index contributed by atoms with van der Waals surface area (Å²) >= 11 is 0. The average Bonchev–Trinajstić information content (AvgIpc) is 2.54. The van der Waals surface area contributed by atoms with Crippen LogP contribution in [0.15, 0.2) is 30.3 Å². The van der Waals surface area contributed by atoms with Crippen molar-refractivity contribution in [2.45, 2.75) is 32.1 Å². The summed E-state index contributed by atoms with van der Waals surface area (Å²) in [5, 5.41) is 0. The second-order valence-electron chi connectivity index (χ2n) is 6.39. The van der Waals surface area contributed by atoms with E-state index in [9.17, 15) is 0 Å². The molecule has 1 aromatic rings. The van der Waals surface area contributed by atoms with Crippen LogP contribution in [0, 0.1) is 5.41 Å². The largest absolute Gasteiger partial charge is 0.352 e. The van der Waals surface area contributed by atoms with Gasteiger partial charge in [-0.05, 0) is 38.0 Å². The lowest BCUT2D eigenvalue weighted by Crippen LogP contribution is -2.49. The molecule has 2 heterocycles. The van der Waals surface area contributed by atoms with Crippen molar-refractivity contribution in [1.82, 2.24) is 4.90 Å². The first-order valence-corrected chi connectivity index (χ1v) is 7.99. The van der Waals surface area contributed by atoms with Crippen molar-refractivity contribution in [3.63, 3.8) is 0 Å². The minimum atomic E-state index is -0.0806. The summed E-state index contributed by atoms with van der Waals surface area (Å²) in [7, 11) is 0. The Morgan fingerprint density at radius 1 is 1.10 bits per heavy atom. The molecule has 0 radical (unpaired) electrons. The Bertz CT molecular complexity index is 420. The molecule has 2 fully saturated rings. The van der Waals surface area contributed by atoms with Gasteiger partial charge in [0.25, 0.3) is 0 Å². The van der Waals surface area contributed by atoms with E-state index < -0.39 is 0 Å². The van der Waals surface area contributed by atoms with Crippen LogP contribution in [-0.2, 0) is 16.0 Å². The number of rotatable bonds is 4. The van der Waals surface area contributed by atoms with Gasteiger partial charge in [0.1, 0.15) is 0 Å². The predicted octanol–water partition coefficient (Wildman–Crippen LogP) is 1.99. The monoisotopic (exact) mass is 290 g/mol. The van der Waals surface area contributed by atoms with Gasteiger partial charge in [0.15, 0.2) is 6.29 Å². The van der Waals surface area contributed by atoms with Crippen LogP contribution in [0.25, 0.3) is 0 Å². The Kier molecular flexibility index (Phi) is 4.91. The van der Waals surface area contributed by atoms with Crippen molar-refractivity contribution in [2.24, 2.45) is 11.1 Å². The van der Waals surface area contributed by atoms with Crippen molar-refractivity contribution in [3.8, 4) is 0 Å². The van der Waals surface area contributed by atoms with Gasteiger partial charge in [-0.15, -0.1) is 0 Å². The summed E-state index contributed by atoms with van der Waals surface area (Å²) in [5.41, 5.74) is 7.18. The van der Waals surface area contributed by atoms with Crippen LogP contribution in [0.2, 0.25) is 0 Å². The molecule has 0 atom stereocenters. The number of piperidine rings is 1. The number of nitrogens with two attached hydrogens (primary N) is 1. The fraction of sp³-hybridized carbons (Fsp3) is 0.647. The van der Waals surface area contributed by atoms with E-state index in [0.29, 0.717) is 6.54 Å². The van der Waals surface area contributed by atoms with Gasteiger partial charge in [-0.1, -0.05) is 30.3 Å². The molecule has 1 aromatic carbocycles. The van der Waals surface area contributed by atoms with Crippen LogP contribution in [0.5, 0.6) is 0 Å². The van der Waals surface area contributed by atoms with Crippen LogP contribution in [-0.4, -0.2) is 44.0 Å². The Hall–Kier alpha value is -0.940. The fourth-order valence-corrected chi connectivity index (χ4v) is 3.25. The lowest BCUT2D eigenvalue weighted by molar-refractivity contribution is -0.238. The van der Waals surface area contributed by atoms with Crippen molar-refractivity contribution < 1.29 is 9.47 Å². The zero-order valence-corrected chi connectivity index (χ0v) is 12.7. The van der Waals surface area contributed by atoms with Crippen molar-refractivity contribution in [3.05, 3.63) is 35.9 Å². The second-order valence-corrected chi connectivity index (χ2v) is 6.39. The van der Waals surface area contributed by atoms with Gasteiger partial charge in [-0.3, -0.25) is 4.90 Å². The van der Waals surface area contributed by atoms with Gasteiger partial charge in [0.2, 0.25) is 0 Å². The molecule has 2 N–H and O–H groups in total. The molecule has 0 unspecified atom stereocenters. The Morgan fingerprint density at radius 2 is 1.76 bits per heavy atom. The molecule has 116 valence electrons. The number of nitrogens with zero attached hydrogens (tertiary/aromatic N) is 1. The molecule has 0 saturated carbocycles. The van der Waals surface area contributed by atoms with Crippen LogP contribution in [0.1, 0.15) is 24.8 Å². The molecule has 0 amide bonds. The first-order valence-electron chi connectivity index (χ1n) is 7.99. The molecule has 21 heavy (non-hydrogen) atoms. The Morgan fingerprint density at radius 3 is 2.38 bits per heavy atom. The maximum atomic E-state index is 5.84. The standard InChI is InChI=1S/C17H26N2O2/c18-9-6-16-20-13-17(14-21-16)7-10-19(11-8-17)12-15-4-2-1-3-5-15/h1-5,16H,6-14,18H2. The third-order valence-electron chi connectivity index (χ3n) is 4.72. The van der Waals surface area contributed by atoms with E-state index in [0.717, 1.165) is 52.1 Å². The van der Waals surface area contributed by atoms with Gasteiger partial charge < -0.3 is 15.2 Å². The highest BCUT2D eigenvalue weighted by Gasteiger charge is 2.39. The molecule has 4 nitrogen and oxygen atoms in total. The zero-order chi connectivity index (χ0) is 14.5. The fourth-order valence-electron chi connectivity index (χ4n) is 3.25. The van der Waals surface area contributed by atoms with Crippen LogP contribution in [0.4, 0.5) is 0 Å². The summed E-state index contributed by atoms with van der Waals surface area (Å²) in [6.45, 7) is 5.59. The third kappa shape index (κ3) is 3.83. The van der Waals surface area contributed by atoms with E-state index in [4.69, 9.17) is 15.2 Å². The van der Waals surface area contributed by atoms with E-state index >= 15 is 0 Å². The molecular weight excluding hydrogens is 264 g/mol. The summed E-state index contributed by atoms with van der Waals surface area (Å²) in [5.74, 6) is 0. The Balaban J connectivity index is 1.47. The highest BCUT2D eigenvalue weighted by atomic mass is 16.7. The van der Waals surface area contributed by atoms with Crippen LogP contribution < -0.4 is 5.73 Å². The van der Waals surface area contributed by atoms with Gasteiger partial charge in [-0.25, -0.2) is 0 Å². The van der Waals surface area contributed by atoms with Crippen molar-refractivity contribution >= 4 is 0 Å². The van der Waals surface area contributed by atoms with E-state index in [1.165, 1.54) is 5.56 Å². The summed E-state index contributed by atoms with van der Waals surface area (Å²) < 4.78 is 11.7. The average molecular weight is 290 g/mol. The van der Waals surface area contributed by atoms with E-state index in [1.807, 2.05) is 0 Å². The van der Waals surface area contributed by atoms with Gasteiger partial charge in [0, 0.05) is 18.4 Å². The molecular formula is C17H26N2O2. The summed E-state index contributed by atoms with van der Waals surface area (Å²) in [6.07, 6.45) is 3.04. The van der Waals surface area contributed by atoms with Gasteiger partial charge in [0.05, 0.1) is 13.2 Å². The van der Waals surface area contributed by atoms with Crippen LogP contribution >= 0.6 is 0 Å². The maximum Gasteiger partial charge on any atom is 0.158 e. The minimum Gasteiger partial charge on any atom is -0.352 e. The smallest absolute Gasteiger partial charge is 0.158 e. The summed E-state index contributed by atoms with van der Waals surface area (Å²) in [6, 6.07) is 10.7. The first kappa shape index (κ1) is 15.0. The molecule has 1 spiro atoms. The van der Waals surface area contributed by atoms with Crippen molar-refractivity contribution in [2.75, 3.05) is 32.8 Å². The summed E-state index contributed by atoms with van der Waals surface area (Å²) in [4.78, 5) is 2.53. The number of benzene rings is 1. The predicted molar refractivity (Wildman–Crippen MR) is 82.7 cm³/mol. The van der Waals surface area contributed by atoms with Gasteiger partial charge in [-0.2, -0.15) is 0 Å². The first-order chi connectivity index (χ1) is 10.3. The zero-order valence-electron chi connectivity index (χ0n) is 12.7. The molecule has 3 rings (SSSR count). The second kappa shape index (κ2) is 6.88. The minimum absolute atomic E-state index is 0.0806.